The number of hydrogen-bond donors (Lipinski definition) is 0. The molecule has 0 saturated carbocycles. The van der Waals surface area contributed by atoms with Gasteiger partial charge in [-0.25, -0.2) is 4.79 Å². The van der Waals surface area contributed by atoms with Crippen LogP contribution in [0.2, 0.25) is 5.02 Å². The van der Waals surface area contributed by atoms with E-state index in [9.17, 15) is 4.79 Å². The van der Waals surface area contributed by atoms with E-state index in [-0.39, 0.29) is 6.61 Å². The summed E-state index contributed by atoms with van der Waals surface area (Å²) in [6.45, 7) is 4.81. The third kappa shape index (κ3) is 4.75. The predicted molar refractivity (Wildman–Crippen MR) is 112 cm³/mol. The number of hydrogen-bond acceptors (Lipinski definition) is 4. The highest BCUT2D eigenvalue weighted by Gasteiger charge is 2.26. The van der Waals surface area contributed by atoms with Crippen LogP contribution in [-0.4, -0.2) is 22.4 Å². The number of esters is 1. The molecule has 5 nitrogen and oxygen atoms in total. The molecule has 7 heteroatoms. The molecule has 146 valence electrons. The van der Waals surface area contributed by atoms with Crippen molar-refractivity contribution in [2.75, 3.05) is 6.61 Å². The van der Waals surface area contributed by atoms with Crippen molar-refractivity contribution in [3.05, 3.63) is 69.8 Å². The highest BCUT2D eigenvalue weighted by Crippen LogP contribution is 2.35. The normalized spacial score (nSPS) is 11.9. The molecule has 0 saturated heterocycles. The van der Waals surface area contributed by atoms with Crippen LogP contribution >= 0.6 is 27.5 Å². The van der Waals surface area contributed by atoms with E-state index in [4.69, 9.17) is 21.1 Å². The number of halogens is 2. The fourth-order valence-electron chi connectivity index (χ4n) is 2.72. The first-order valence-electron chi connectivity index (χ1n) is 8.94. The zero-order valence-electron chi connectivity index (χ0n) is 15.6. The summed E-state index contributed by atoms with van der Waals surface area (Å²) in [5.41, 5.74) is 2.21. The van der Waals surface area contributed by atoms with Crippen LogP contribution in [0.5, 0.6) is 5.75 Å². The summed E-state index contributed by atoms with van der Waals surface area (Å²) in [6.07, 6.45) is 0.993. The molecule has 0 fully saturated rings. The minimum atomic E-state index is -0.912. The largest absolute Gasteiger partial charge is 0.473 e. The van der Waals surface area contributed by atoms with E-state index in [2.05, 4.69) is 21.0 Å². The van der Waals surface area contributed by atoms with Gasteiger partial charge in [-0.1, -0.05) is 39.7 Å². The van der Waals surface area contributed by atoms with Crippen molar-refractivity contribution in [2.24, 2.45) is 0 Å². The lowest BCUT2D eigenvalue weighted by Gasteiger charge is -2.20. The van der Waals surface area contributed by atoms with Crippen LogP contribution in [0.1, 0.15) is 25.5 Å². The molecule has 0 radical (unpaired) electrons. The summed E-state index contributed by atoms with van der Waals surface area (Å²) >= 11 is 9.48. The summed E-state index contributed by atoms with van der Waals surface area (Å²) in [6, 6.07) is 14.5. The van der Waals surface area contributed by atoms with Crippen LogP contribution in [-0.2, 0) is 16.1 Å². The number of carbonyl (C=O) groups is 1. The van der Waals surface area contributed by atoms with E-state index in [1.807, 2.05) is 42.1 Å². The van der Waals surface area contributed by atoms with Gasteiger partial charge >= 0.3 is 5.97 Å². The van der Waals surface area contributed by atoms with Crippen LogP contribution < -0.4 is 4.74 Å². The van der Waals surface area contributed by atoms with E-state index >= 15 is 0 Å². The Morgan fingerprint density at radius 3 is 2.57 bits per heavy atom. The molecule has 0 spiro atoms. The number of benzene rings is 2. The van der Waals surface area contributed by atoms with Gasteiger partial charge in [0.25, 0.3) is 0 Å². The summed E-state index contributed by atoms with van der Waals surface area (Å²) in [5.74, 6) is 0.0790. The van der Waals surface area contributed by atoms with Gasteiger partial charge in [0.1, 0.15) is 5.75 Å². The Kier molecular flexibility index (Phi) is 6.75. The molecule has 1 atom stereocenters. The maximum Gasteiger partial charge on any atom is 0.352 e. The van der Waals surface area contributed by atoms with Gasteiger partial charge in [0.15, 0.2) is 0 Å². The fourth-order valence-corrected chi connectivity index (χ4v) is 3.21. The molecule has 3 rings (SSSR count). The Morgan fingerprint density at radius 2 is 1.93 bits per heavy atom. The molecule has 0 bridgehead atoms. The van der Waals surface area contributed by atoms with Crippen molar-refractivity contribution >= 4 is 33.5 Å². The average Bonchev–Trinajstić information content (AvgIpc) is 3.17. The molecule has 28 heavy (non-hydrogen) atoms. The SMILES string of the molecule is CCOC(=O)C(Oc1ccc(Br)cc1-c1ccn(CC)n1)c1ccc(Cl)cc1. The lowest BCUT2D eigenvalue weighted by molar-refractivity contribution is -0.151. The number of ether oxygens (including phenoxy) is 2. The number of aromatic nitrogens is 2. The molecule has 0 amide bonds. The van der Waals surface area contributed by atoms with E-state index in [0.717, 1.165) is 22.3 Å². The summed E-state index contributed by atoms with van der Waals surface area (Å²) in [5, 5.41) is 5.14. The molecule has 0 N–H and O–H groups in total. The summed E-state index contributed by atoms with van der Waals surface area (Å²) in [4.78, 5) is 12.6. The second-order valence-electron chi connectivity index (χ2n) is 6.00. The van der Waals surface area contributed by atoms with Crippen LogP contribution in [0.15, 0.2) is 59.2 Å². The molecule has 1 heterocycles. The smallest absolute Gasteiger partial charge is 0.352 e. The van der Waals surface area contributed by atoms with Gasteiger partial charge in [0.05, 0.1) is 12.3 Å². The molecule has 0 aliphatic rings. The maximum absolute atomic E-state index is 12.6. The van der Waals surface area contributed by atoms with Gasteiger partial charge in [-0.05, 0) is 50.2 Å². The van der Waals surface area contributed by atoms with Gasteiger partial charge in [-0.2, -0.15) is 5.10 Å². The fraction of sp³-hybridized carbons (Fsp3) is 0.238. The molecule has 0 aliphatic heterocycles. The van der Waals surface area contributed by atoms with E-state index < -0.39 is 12.1 Å². The third-order valence-corrected chi connectivity index (χ3v) is 4.85. The van der Waals surface area contributed by atoms with Crippen molar-refractivity contribution in [1.29, 1.82) is 0 Å². The van der Waals surface area contributed by atoms with E-state index in [1.54, 1.807) is 31.2 Å². The number of aryl methyl sites for hydroxylation is 1. The van der Waals surface area contributed by atoms with Crippen LogP contribution in [0, 0.1) is 0 Å². The van der Waals surface area contributed by atoms with E-state index in [1.165, 1.54) is 0 Å². The van der Waals surface area contributed by atoms with Crippen molar-refractivity contribution in [3.8, 4) is 17.0 Å². The van der Waals surface area contributed by atoms with Crippen molar-refractivity contribution in [1.82, 2.24) is 9.78 Å². The number of nitrogens with zero attached hydrogens (tertiary/aromatic N) is 2. The van der Waals surface area contributed by atoms with Gasteiger partial charge in [-0.15, -0.1) is 0 Å². The highest BCUT2D eigenvalue weighted by molar-refractivity contribution is 9.10. The lowest BCUT2D eigenvalue weighted by atomic mass is 10.1. The zero-order chi connectivity index (χ0) is 20.1. The van der Waals surface area contributed by atoms with Crippen LogP contribution in [0.4, 0.5) is 0 Å². The summed E-state index contributed by atoms with van der Waals surface area (Å²) in [7, 11) is 0. The summed E-state index contributed by atoms with van der Waals surface area (Å²) < 4.78 is 14.1. The molecule has 0 aliphatic carbocycles. The molecule has 1 aromatic heterocycles. The monoisotopic (exact) mass is 462 g/mol. The van der Waals surface area contributed by atoms with E-state index in [0.29, 0.717) is 16.3 Å². The topological polar surface area (TPSA) is 53.4 Å². The Labute approximate surface area is 177 Å². The molecule has 3 aromatic rings. The van der Waals surface area contributed by atoms with Crippen molar-refractivity contribution in [3.63, 3.8) is 0 Å². The maximum atomic E-state index is 12.6. The van der Waals surface area contributed by atoms with Crippen molar-refractivity contribution in [2.45, 2.75) is 26.5 Å². The quantitative estimate of drug-likeness (QED) is 0.424. The van der Waals surface area contributed by atoms with Gasteiger partial charge in [0.2, 0.25) is 6.10 Å². The van der Waals surface area contributed by atoms with Gasteiger partial charge in [-0.3, -0.25) is 4.68 Å². The van der Waals surface area contributed by atoms with Crippen molar-refractivity contribution < 1.29 is 14.3 Å². The minimum absolute atomic E-state index is 0.264. The molecular formula is C21H20BrClN2O3. The Hall–Kier alpha value is -2.31. The average molecular weight is 464 g/mol. The second kappa shape index (κ2) is 9.26. The molecule has 1 unspecified atom stereocenters. The standard InChI is InChI=1S/C21H20BrClN2O3/c1-3-25-12-11-18(24-25)17-13-15(22)7-10-19(17)28-20(21(26)27-4-2)14-5-8-16(23)9-6-14/h5-13,20H,3-4H2,1-2H3. The van der Waals surface area contributed by atoms with Gasteiger partial charge < -0.3 is 9.47 Å². The first-order valence-corrected chi connectivity index (χ1v) is 10.1. The first kappa shape index (κ1) is 20.4. The van der Waals surface area contributed by atoms with Crippen LogP contribution in [0.25, 0.3) is 11.3 Å². The molecular weight excluding hydrogens is 444 g/mol. The molecule has 2 aromatic carbocycles. The van der Waals surface area contributed by atoms with Gasteiger partial charge in [0, 0.05) is 33.4 Å². The Morgan fingerprint density at radius 1 is 1.18 bits per heavy atom. The minimum Gasteiger partial charge on any atom is -0.473 e. The lowest BCUT2D eigenvalue weighted by Crippen LogP contribution is -2.21. The number of rotatable bonds is 7. The highest BCUT2D eigenvalue weighted by atomic mass is 79.9. The second-order valence-corrected chi connectivity index (χ2v) is 7.35. The third-order valence-electron chi connectivity index (χ3n) is 4.10. The Balaban J connectivity index is 2.00. The van der Waals surface area contributed by atoms with Crippen LogP contribution in [0.3, 0.4) is 0 Å². The Bertz CT molecular complexity index is 957. The predicted octanol–water partition coefficient (Wildman–Crippen LogP) is 5.67. The first-order chi connectivity index (χ1) is 13.5. The number of carbonyl (C=O) groups excluding carboxylic acids is 1. The zero-order valence-corrected chi connectivity index (χ0v) is 17.9.